The van der Waals surface area contributed by atoms with Gasteiger partial charge in [0.15, 0.2) is 0 Å². The predicted octanol–water partition coefficient (Wildman–Crippen LogP) is 3.52. The standard InChI is InChI=1S/C14H18ClN3O2S/c1-5-8-6-9-11(17-14(15)18-12(9)21-8)16-10(7(2)3)13(19)20-4/h6-7,10H,5H2,1-4H3,(H,16,17,18). The number of aryl methyl sites for hydroxylation is 1. The van der Waals surface area contributed by atoms with Crippen LogP contribution in [0.1, 0.15) is 25.6 Å². The molecule has 7 heteroatoms. The van der Waals surface area contributed by atoms with E-state index in [1.807, 2.05) is 19.9 Å². The first-order valence-corrected chi connectivity index (χ1v) is 7.96. The van der Waals surface area contributed by atoms with E-state index in [2.05, 4.69) is 22.2 Å². The number of anilines is 1. The van der Waals surface area contributed by atoms with Crippen molar-refractivity contribution in [2.45, 2.75) is 33.2 Å². The molecule has 0 aliphatic rings. The van der Waals surface area contributed by atoms with Crippen LogP contribution in [0.5, 0.6) is 0 Å². The average Bonchev–Trinajstić information content (AvgIpc) is 2.86. The lowest BCUT2D eigenvalue weighted by Crippen LogP contribution is -2.35. The van der Waals surface area contributed by atoms with Crippen molar-refractivity contribution in [1.29, 1.82) is 0 Å². The zero-order valence-electron chi connectivity index (χ0n) is 12.4. The Morgan fingerprint density at radius 1 is 1.48 bits per heavy atom. The summed E-state index contributed by atoms with van der Waals surface area (Å²) in [6.45, 7) is 5.97. The summed E-state index contributed by atoms with van der Waals surface area (Å²) in [7, 11) is 1.38. The molecule has 1 unspecified atom stereocenters. The van der Waals surface area contributed by atoms with Crippen molar-refractivity contribution in [2.75, 3.05) is 12.4 Å². The number of nitrogens with one attached hydrogen (secondary N) is 1. The van der Waals surface area contributed by atoms with E-state index in [4.69, 9.17) is 16.3 Å². The molecule has 0 saturated carbocycles. The molecule has 0 radical (unpaired) electrons. The lowest BCUT2D eigenvalue weighted by atomic mass is 10.0. The number of thiophene rings is 1. The summed E-state index contributed by atoms with van der Waals surface area (Å²) in [6, 6.07) is 1.56. The fourth-order valence-electron chi connectivity index (χ4n) is 2.00. The van der Waals surface area contributed by atoms with E-state index in [-0.39, 0.29) is 17.2 Å². The van der Waals surface area contributed by atoms with E-state index in [9.17, 15) is 4.79 Å². The molecule has 21 heavy (non-hydrogen) atoms. The van der Waals surface area contributed by atoms with E-state index >= 15 is 0 Å². The molecule has 0 aromatic carbocycles. The van der Waals surface area contributed by atoms with E-state index in [1.165, 1.54) is 12.0 Å². The van der Waals surface area contributed by atoms with Gasteiger partial charge in [0.2, 0.25) is 5.28 Å². The maximum absolute atomic E-state index is 11.9. The van der Waals surface area contributed by atoms with Gasteiger partial charge in [-0.3, -0.25) is 0 Å². The number of hydrogen-bond acceptors (Lipinski definition) is 6. The van der Waals surface area contributed by atoms with Crippen LogP contribution in [0.25, 0.3) is 10.2 Å². The number of carbonyl (C=O) groups is 1. The van der Waals surface area contributed by atoms with Crippen LogP contribution in [0.3, 0.4) is 0 Å². The Kier molecular flexibility index (Phi) is 5.00. The molecule has 0 aliphatic heterocycles. The molecule has 2 heterocycles. The zero-order chi connectivity index (χ0) is 15.6. The molecule has 2 aromatic rings. The summed E-state index contributed by atoms with van der Waals surface area (Å²) in [6.07, 6.45) is 0.919. The first-order chi connectivity index (χ1) is 9.96. The number of fused-ring (bicyclic) bond motifs is 1. The molecule has 114 valence electrons. The highest BCUT2D eigenvalue weighted by Gasteiger charge is 2.24. The van der Waals surface area contributed by atoms with Crippen molar-refractivity contribution in [3.05, 3.63) is 16.2 Å². The lowest BCUT2D eigenvalue weighted by Gasteiger charge is -2.20. The van der Waals surface area contributed by atoms with E-state index in [0.717, 1.165) is 16.6 Å². The molecule has 2 aromatic heterocycles. The van der Waals surface area contributed by atoms with Crippen LogP contribution < -0.4 is 5.32 Å². The second kappa shape index (κ2) is 6.58. The van der Waals surface area contributed by atoms with Gasteiger partial charge in [0.05, 0.1) is 12.5 Å². The molecule has 0 aliphatic carbocycles. The van der Waals surface area contributed by atoms with Crippen LogP contribution in [-0.2, 0) is 16.0 Å². The Balaban J connectivity index is 2.44. The lowest BCUT2D eigenvalue weighted by molar-refractivity contribution is -0.142. The van der Waals surface area contributed by atoms with Crippen molar-refractivity contribution in [3.63, 3.8) is 0 Å². The van der Waals surface area contributed by atoms with Crippen LogP contribution in [0.2, 0.25) is 5.28 Å². The third kappa shape index (κ3) is 3.44. The maximum atomic E-state index is 11.9. The normalized spacial score (nSPS) is 12.7. The van der Waals surface area contributed by atoms with Crippen LogP contribution in [0.4, 0.5) is 5.82 Å². The smallest absolute Gasteiger partial charge is 0.328 e. The maximum Gasteiger partial charge on any atom is 0.328 e. The van der Waals surface area contributed by atoms with Gasteiger partial charge in [-0.2, -0.15) is 0 Å². The molecule has 0 fully saturated rings. The van der Waals surface area contributed by atoms with Gasteiger partial charge in [-0.05, 0) is 30.0 Å². The van der Waals surface area contributed by atoms with Gasteiger partial charge in [0.1, 0.15) is 16.7 Å². The number of rotatable bonds is 5. The molecule has 0 amide bonds. The number of methoxy groups -OCH3 is 1. The van der Waals surface area contributed by atoms with Gasteiger partial charge in [0.25, 0.3) is 0 Å². The third-order valence-corrected chi connectivity index (χ3v) is 4.52. The first kappa shape index (κ1) is 16.0. The van der Waals surface area contributed by atoms with Gasteiger partial charge in [-0.1, -0.05) is 20.8 Å². The quantitative estimate of drug-likeness (QED) is 0.672. The van der Waals surface area contributed by atoms with E-state index in [0.29, 0.717) is 5.82 Å². The minimum Gasteiger partial charge on any atom is -0.467 e. The summed E-state index contributed by atoms with van der Waals surface area (Å²) in [5.74, 6) is 0.314. The molecule has 0 saturated heterocycles. The van der Waals surface area contributed by atoms with Crippen molar-refractivity contribution >= 4 is 44.9 Å². The SMILES string of the molecule is CCc1cc2c(NC(C(=O)OC)C(C)C)nc(Cl)nc2s1. The monoisotopic (exact) mass is 327 g/mol. The molecule has 1 N–H and O–H groups in total. The number of ether oxygens (including phenoxy) is 1. The van der Waals surface area contributed by atoms with Crippen molar-refractivity contribution < 1.29 is 9.53 Å². The second-order valence-electron chi connectivity index (χ2n) is 5.02. The van der Waals surface area contributed by atoms with Crippen LogP contribution in [0.15, 0.2) is 6.07 Å². The third-order valence-electron chi connectivity index (χ3n) is 3.18. The molecular weight excluding hydrogens is 310 g/mol. The molecule has 0 spiro atoms. The zero-order valence-corrected chi connectivity index (χ0v) is 14.0. The Labute approximate surface area is 132 Å². The highest BCUT2D eigenvalue weighted by atomic mass is 35.5. The van der Waals surface area contributed by atoms with Gasteiger partial charge >= 0.3 is 5.97 Å². The predicted molar refractivity (Wildman–Crippen MR) is 86.1 cm³/mol. The number of aromatic nitrogens is 2. The minimum absolute atomic E-state index is 0.0607. The van der Waals surface area contributed by atoms with Crippen molar-refractivity contribution in [1.82, 2.24) is 9.97 Å². The van der Waals surface area contributed by atoms with Gasteiger partial charge in [-0.15, -0.1) is 11.3 Å². The molecular formula is C14H18ClN3O2S. The van der Waals surface area contributed by atoms with Crippen LogP contribution in [0, 0.1) is 5.92 Å². The number of nitrogens with zero attached hydrogens (tertiary/aromatic N) is 2. The van der Waals surface area contributed by atoms with Crippen LogP contribution in [-0.4, -0.2) is 29.1 Å². The topological polar surface area (TPSA) is 64.1 Å². The largest absolute Gasteiger partial charge is 0.467 e. The van der Waals surface area contributed by atoms with Gasteiger partial charge < -0.3 is 10.1 Å². The highest BCUT2D eigenvalue weighted by Crippen LogP contribution is 2.31. The molecule has 5 nitrogen and oxygen atoms in total. The summed E-state index contributed by atoms with van der Waals surface area (Å²) < 4.78 is 4.84. The van der Waals surface area contributed by atoms with Gasteiger partial charge in [-0.25, -0.2) is 14.8 Å². The number of carbonyl (C=O) groups excluding carboxylic acids is 1. The number of halogens is 1. The summed E-state index contributed by atoms with van der Waals surface area (Å²) >= 11 is 7.56. The molecule has 2 rings (SSSR count). The Morgan fingerprint density at radius 3 is 2.76 bits per heavy atom. The van der Waals surface area contributed by atoms with Crippen molar-refractivity contribution in [2.24, 2.45) is 5.92 Å². The number of hydrogen-bond donors (Lipinski definition) is 1. The summed E-state index contributed by atoms with van der Waals surface area (Å²) in [5.41, 5.74) is 0. The minimum atomic E-state index is -0.478. The Morgan fingerprint density at radius 2 is 2.19 bits per heavy atom. The second-order valence-corrected chi connectivity index (χ2v) is 6.47. The van der Waals surface area contributed by atoms with Crippen LogP contribution >= 0.6 is 22.9 Å². The molecule has 1 atom stereocenters. The fraction of sp³-hybridized carbons (Fsp3) is 0.500. The van der Waals surface area contributed by atoms with Gasteiger partial charge in [0, 0.05) is 4.88 Å². The molecule has 0 bridgehead atoms. The highest BCUT2D eigenvalue weighted by molar-refractivity contribution is 7.18. The average molecular weight is 328 g/mol. The summed E-state index contributed by atoms with van der Waals surface area (Å²) in [4.78, 5) is 22.4. The van der Waals surface area contributed by atoms with E-state index < -0.39 is 6.04 Å². The van der Waals surface area contributed by atoms with Crippen molar-refractivity contribution in [3.8, 4) is 0 Å². The van der Waals surface area contributed by atoms with E-state index in [1.54, 1.807) is 11.3 Å². The first-order valence-electron chi connectivity index (χ1n) is 6.76. The summed E-state index contributed by atoms with van der Waals surface area (Å²) in [5, 5.41) is 4.20. The fourth-order valence-corrected chi connectivity index (χ4v) is 3.19. The number of esters is 1. The Bertz CT molecular complexity index is 657. The Hall–Kier alpha value is -1.40.